The normalized spacial score (nSPS) is 16.0. The Hall–Kier alpha value is -2.06. The van der Waals surface area contributed by atoms with E-state index >= 15 is 0 Å². The van der Waals surface area contributed by atoms with E-state index in [0.29, 0.717) is 5.89 Å². The molecular formula is C16H17BrN6O. The van der Waals surface area contributed by atoms with Crippen LogP contribution in [0.1, 0.15) is 11.7 Å². The second kappa shape index (κ2) is 6.45. The monoisotopic (exact) mass is 388 g/mol. The van der Waals surface area contributed by atoms with E-state index in [2.05, 4.69) is 45.8 Å². The number of aromatic nitrogens is 4. The Morgan fingerprint density at radius 3 is 2.79 bits per heavy atom. The van der Waals surface area contributed by atoms with Gasteiger partial charge in [-0.2, -0.15) is 4.98 Å². The van der Waals surface area contributed by atoms with Crippen LogP contribution in [0.2, 0.25) is 0 Å². The summed E-state index contributed by atoms with van der Waals surface area (Å²) in [6, 6.07) is 4.04. The van der Waals surface area contributed by atoms with E-state index < -0.39 is 0 Å². The molecule has 1 saturated heterocycles. The van der Waals surface area contributed by atoms with Crippen LogP contribution in [0.15, 0.2) is 33.5 Å². The second-order valence-corrected chi connectivity index (χ2v) is 6.76. The topological polar surface area (TPSA) is 71.2 Å². The van der Waals surface area contributed by atoms with E-state index in [0.717, 1.165) is 59.7 Å². The van der Waals surface area contributed by atoms with E-state index in [-0.39, 0.29) is 0 Å². The SMILES string of the molecule is Cc1nc(CN2CCN(c3ccnc4cc(Br)cnc34)CC2)no1. The molecule has 0 amide bonds. The third-order valence-electron chi connectivity index (χ3n) is 4.17. The molecule has 7 nitrogen and oxygen atoms in total. The summed E-state index contributed by atoms with van der Waals surface area (Å²) in [4.78, 5) is 17.9. The number of nitrogens with zero attached hydrogens (tertiary/aromatic N) is 6. The molecule has 0 unspecified atom stereocenters. The van der Waals surface area contributed by atoms with Gasteiger partial charge in [-0.05, 0) is 28.1 Å². The molecule has 1 fully saturated rings. The van der Waals surface area contributed by atoms with Gasteiger partial charge in [0.15, 0.2) is 5.82 Å². The number of hydrogen-bond donors (Lipinski definition) is 0. The van der Waals surface area contributed by atoms with E-state index in [1.165, 1.54) is 0 Å². The summed E-state index contributed by atoms with van der Waals surface area (Å²) in [5.74, 6) is 1.37. The molecule has 24 heavy (non-hydrogen) atoms. The minimum atomic E-state index is 0.615. The number of rotatable bonds is 3. The van der Waals surface area contributed by atoms with E-state index in [4.69, 9.17) is 4.52 Å². The van der Waals surface area contributed by atoms with Crippen molar-refractivity contribution in [2.75, 3.05) is 31.1 Å². The first kappa shape index (κ1) is 15.5. The van der Waals surface area contributed by atoms with Crippen LogP contribution in [0, 0.1) is 6.92 Å². The summed E-state index contributed by atoms with van der Waals surface area (Å²) in [5, 5.41) is 3.97. The molecule has 0 aromatic carbocycles. The summed E-state index contributed by atoms with van der Waals surface area (Å²) in [6.45, 7) is 6.32. The summed E-state index contributed by atoms with van der Waals surface area (Å²) in [6.07, 6.45) is 3.67. The van der Waals surface area contributed by atoms with Crippen molar-refractivity contribution >= 4 is 32.7 Å². The summed E-state index contributed by atoms with van der Waals surface area (Å²) in [5.41, 5.74) is 3.00. The fourth-order valence-electron chi connectivity index (χ4n) is 3.00. The predicted molar refractivity (Wildman–Crippen MR) is 93.8 cm³/mol. The van der Waals surface area contributed by atoms with Crippen LogP contribution in [0.5, 0.6) is 0 Å². The Kier molecular flexibility index (Phi) is 4.15. The molecule has 1 aliphatic heterocycles. The zero-order chi connectivity index (χ0) is 16.5. The number of piperazine rings is 1. The number of hydrogen-bond acceptors (Lipinski definition) is 7. The molecule has 0 radical (unpaired) electrons. The molecule has 3 aromatic heterocycles. The highest BCUT2D eigenvalue weighted by atomic mass is 79.9. The molecule has 0 saturated carbocycles. The molecule has 124 valence electrons. The van der Waals surface area contributed by atoms with Gasteiger partial charge < -0.3 is 9.42 Å². The molecular weight excluding hydrogens is 372 g/mol. The average Bonchev–Trinajstić information content (AvgIpc) is 3.00. The standard InChI is InChI=1S/C16H17BrN6O/c1-11-20-15(21-24-11)10-22-4-6-23(7-5-22)14-2-3-18-13-8-12(17)9-19-16(13)14/h2-3,8-9H,4-7,10H2,1H3. The van der Waals surface area contributed by atoms with E-state index in [1.54, 1.807) is 0 Å². The number of anilines is 1. The fourth-order valence-corrected chi connectivity index (χ4v) is 3.32. The van der Waals surface area contributed by atoms with Crippen molar-refractivity contribution in [2.24, 2.45) is 0 Å². The highest BCUT2D eigenvalue weighted by Gasteiger charge is 2.20. The van der Waals surface area contributed by atoms with Crippen molar-refractivity contribution in [3.63, 3.8) is 0 Å². The highest BCUT2D eigenvalue weighted by molar-refractivity contribution is 9.10. The Balaban J connectivity index is 1.48. The number of fused-ring (bicyclic) bond motifs is 1. The lowest BCUT2D eigenvalue weighted by molar-refractivity contribution is 0.240. The lowest BCUT2D eigenvalue weighted by Gasteiger charge is -2.35. The zero-order valence-electron chi connectivity index (χ0n) is 13.3. The lowest BCUT2D eigenvalue weighted by atomic mass is 10.2. The maximum Gasteiger partial charge on any atom is 0.223 e. The quantitative estimate of drug-likeness (QED) is 0.681. The number of aryl methyl sites for hydroxylation is 1. The Labute approximate surface area is 147 Å². The fraction of sp³-hybridized carbons (Fsp3) is 0.375. The first-order chi connectivity index (χ1) is 11.7. The van der Waals surface area contributed by atoms with E-state index in [9.17, 15) is 0 Å². The van der Waals surface area contributed by atoms with Gasteiger partial charge in [-0.15, -0.1) is 0 Å². The van der Waals surface area contributed by atoms with Gasteiger partial charge in [0.1, 0.15) is 5.52 Å². The van der Waals surface area contributed by atoms with Crippen molar-refractivity contribution in [3.05, 3.63) is 40.7 Å². The molecule has 0 aliphatic carbocycles. The van der Waals surface area contributed by atoms with E-state index in [1.807, 2.05) is 31.5 Å². The molecule has 0 atom stereocenters. The molecule has 4 heterocycles. The number of halogens is 1. The summed E-state index contributed by atoms with van der Waals surface area (Å²) >= 11 is 3.45. The van der Waals surface area contributed by atoms with Gasteiger partial charge in [0.25, 0.3) is 0 Å². The molecule has 0 N–H and O–H groups in total. The van der Waals surface area contributed by atoms with Crippen LogP contribution in [0.4, 0.5) is 5.69 Å². The zero-order valence-corrected chi connectivity index (χ0v) is 14.9. The Morgan fingerprint density at radius 2 is 2.04 bits per heavy atom. The van der Waals surface area contributed by atoms with Gasteiger partial charge in [-0.1, -0.05) is 5.16 Å². The minimum Gasteiger partial charge on any atom is -0.367 e. The predicted octanol–water partition coefficient (Wildman–Crippen LogP) is 2.41. The lowest BCUT2D eigenvalue weighted by Crippen LogP contribution is -2.46. The van der Waals surface area contributed by atoms with Gasteiger partial charge in [0, 0.05) is 50.0 Å². The van der Waals surface area contributed by atoms with Gasteiger partial charge in [0.05, 0.1) is 17.7 Å². The van der Waals surface area contributed by atoms with Crippen LogP contribution >= 0.6 is 15.9 Å². The van der Waals surface area contributed by atoms with Crippen LogP contribution < -0.4 is 4.90 Å². The van der Waals surface area contributed by atoms with Gasteiger partial charge in [-0.25, -0.2) is 0 Å². The molecule has 0 spiro atoms. The Morgan fingerprint density at radius 1 is 1.21 bits per heavy atom. The van der Waals surface area contributed by atoms with Gasteiger partial charge in [-0.3, -0.25) is 14.9 Å². The van der Waals surface area contributed by atoms with Gasteiger partial charge >= 0.3 is 0 Å². The maximum absolute atomic E-state index is 5.04. The van der Waals surface area contributed by atoms with Crippen molar-refractivity contribution in [1.29, 1.82) is 0 Å². The average molecular weight is 389 g/mol. The van der Waals surface area contributed by atoms with Crippen LogP contribution in [0.25, 0.3) is 11.0 Å². The van der Waals surface area contributed by atoms with Crippen molar-refractivity contribution < 1.29 is 4.52 Å². The van der Waals surface area contributed by atoms with Crippen LogP contribution in [0.3, 0.4) is 0 Å². The van der Waals surface area contributed by atoms with Crippen molar-refractivity contribution in [2.45, 2.75) is 13.5 Å². The second-order valence-electron chi connectivity index (χ2n) is 5.84. The largest absolute Gasteiger partial charge is 0.367 e. The summed E-state index contributed by atoms with van der Waals surface area (Å²) < 4.78 is 5.98. The summed E-state index contributed by atoms with van der Waals surface area (Å²) in [7, 11) is 0. The molecule has 8 heteroatoms. The molecule has 0 bridgehead atoms. The van der Waals surface area contributed by atoms with Crippen LogP contribution in [-0.2, 0) is 6.54 Å². The Bertz CT molecular complexity index is 859. The smallest absolute Gasteiger partial charge is 0.223 e. The van der Waals surface area contributed by atoms with Crippen molar-refractivity contribution in [3.8, 4) is 0 Å². The maximum atomic E-state index is 5.04. The van der Waals surface area contributed by atoms with Crippen LogP contribution in [-0.4, -0.2) is 51.2 Å². The first-order valence-corrected chi connectivity index (χ1v) is 8.65. The molecule has 1 aliphatic rings. The van der Waals surface area contributed by atoms with Crippen molar-refractivity contribution in [1.82, 2.24) is 25.0 Å². The molecule has 3 aromatic rings. The number of pyridine rings is 2. The third-order valence-corrected chi connectivity index (χ3v) is 4.60. The molecule has 4 rings (SSSR count). The highest BCUT2D eigenvalue weighted by Crippen LogP contribution is 2.26. The first-order valence-electron chi connectivity index (χ1n) is 7.86. The third kappa shape index (κ3) is 3.11. The minimum absolute atomic E-state index is 0.615. The van der Waals surface area contributed by atoms with Gasteiger partial charge in [0.2, 0.25) is 5.89 Å².